The molecule has 4 heterocycles. The summed E-state index contributed by atoms with van der Waals surface area (Å²) in [6, 6.07) is 4.32. The van der Waals surface area contributed by atoms with Gasteiger partial charge in [0.1, 0.15) is 0 Å². The maximum atomic E-state index is 12.4. The fraction of sp³-hybridized carbons (Fsp3) is 0.522. The van der Waals surface area contributed by atoms with E-state index in [9.17, 15) is 4.79 Å². The van der Waals surface area contributed by atoms with Crippen LogP contribution in [-0.4, -0.2) is 56.4 Å². The third-order valence-electron chi connectivity index (χ3n) is 7.14. The summed E-state index contributed by atoms with van der Waals surface area (Å²) < 4.78 is 21.9. The summed E-state index contributed by atoms with van der Waals surface area (Å²) in [5, 5.41) is 1.19. The molecule has 0 unspecified atom stereocenters. The van der Waals surface area contributed by atoms with Crippen LogP contribution in [0.1, 0.15) is 30.6 Å². The summed E-state index contributed by atoms with van der Waals surface area (Å²) in [5.41, 5.74) is 4.31. The van der Waals surface area contributed by atoms with Gasteiger partial charge in [-0.3, -0.25) is 4.90 Å². The first kappa shape index (κ1) is 19.3. The molecule has 7 nitrogen and oxygen atoms in total. The third kappa shape index (κ3) is 2.79. The van der Waals surface area contributed by atoms with Crippen LogP contribution in [0.2, 0.25) is 0 Å². The maximum Gasteiger partial charge on any atom is 0.337 e. The van der Waals surface area contributed by atoms with Crippen LogP contribution in [-0.2, 0) is 20.7 Å². The first-order valence-corrected chi connectivity index (χ1v) is 10.5. The number of carbonyl (C=O) groups excluding carboxylic acids is 1. The van der Waals surface area contributed by atoms with E-state index in [-0.39, 0.29) is 30.0 Å². The number of rotatable bonds is 3. The average Bonchev–Trinajstić information content (AvgIpc) is 3.14. The molecule has 160 valence electrons. The van der Waals surface area contributed by atoms with E-state index < -0.39 is 0 Å². The second-order valence-corrected chi connectivity index (χ2v) is 8.44. The highest BCUT2D eigenvalue weighted by atomic mass is 16.5. The van der Waals surface area contributed by atoms with Gasteiger partial charge in [-0.15, -0.1) is 0 Å². The number of hydrogen-bond acceptors (Lipinski definition) is 6. The molecule has 3 aliphatic heterocycles. The SMILES string of the molecule is COC(=O)C1=CO[C@@H](C)[C@@H]2CN3CCc4c([nH]c5cc(OC)c(OC)cc45)[C@@H]3C[C@@H]12. The highest BCUT2D eigenvalue weighted by Crippen LogP contribution is 2.48. The molecule has 0 amide bonds. The van der Waals surface area contributed by atoms with Gasteiger partial charge in [-0.1, -0.05) is 0 Å². The Balaban J connectivity index is 1.56. The lowest BCUT2D eigenvalue weighted by Crippen LogP contribution is -2.51. The van der Waals surface area contributed by atoms with Crippen molar-refractivity contribution in [1.29, 1.82) is 0 Å². The number of nitrogens with zero attached hydrogens (tertiary/aromatic N) is 1. The normalized spacial score (nSPS) is 27.9. The van der Waals surface area contributed by atoms with E-state index in [2.05, 4.69) is 22.9 Å². The summed E-state index contributed by atoms with van der Waals surface area (Å²) in [6.45, 7) is 4.00. The fourth-order valence-corrected chi connectivity index (χ4v) is 5.56. The van der Waals surface area contributed by atoms with E-state index in [1.54, 1.807) is 20.5 Å². The number of carbonyl (C=O) groups is 1. The second kappa shape index (κ2) is 7.23. The van der Waals surface area contributed by atoms with Crippen LogP contribution >= 0.6 is 0 Å². The number of ether oxygens (including phenoxy) is 4. The molecule has 7 heteroatoms. The second-order valence-electron chi connectivity index (χ2n) is 8.44. The Morgan fingerprint density at radius 2 is 1.97 bits per heavy atom. The molecule has 0 bridgehead atoms. The number of benzene rings is 1. The van der Waals surface area contributed by atoms with Crippen molar-refractivity contribution in [2.24, 2.45) is 11.8 Å². The Hall–Kier alpha value is -2.67. The Morgan fingerprint density at radius 1 is 1.20 bits per heavy atom. The Labute approximate surface area is 175 Å². The van der Waals surface area contributed by atoms with Crippen molar-refractivity contribution < 1.29 is 23.7 Å². The smallest absolute Gasteiger partial charge is 0.337 e. The van der Waals surface area contributed by atoms with Crippen LogP contribution < -0.4 is 9.47 Å². The van der Waals surface area contributed by atoms with Crippen LogP contribution in [0.4, 0.5) is 0 Å². The molecule has 1 fully saturated rings. The van der Waals surface area contributed by atoms with E-state index >= 15 is 0 Å². The number of fused-ring (bicyclic) bond motifs is 6. The number of aromatic nitrogens is 1. The van der Waals surface area contributed by atoms with Crippen molar-refractivity contribution in [2.45, 2.75) is 31.9 Å². The number of hydrogen-bond donors (Lipinski definition) is 1. The zero-order valence-electron chi connectivity index (χ0n) is 17.9. The minimum absolute atomic E-state index is 0.0852. The molecule has 0 saturated carbocycles. The lowest BCUT2D eigenvalue weighted by Gasteiger charge is -2.49. The van der Waals surface area contributed by atoms with Gasteiger partial charge >= 0.3 is 5.97 Å². The molecule has 0 aliphatic carbocycles. The maximum absolute atomic E-state index is 12.4. The summed E-state index contributed by atoms with van der Waals surface area (Å²) in [5.74, 6) is 1.59. The summed E-state index contributed by atoms with van der Waals surface area (Å²) in [4.78, 5) is 18.6. The van der Waals surface area contributed by atoms with Crippen molar-refractivity contribution in [3.05, 3.63) is 35.2 Å². The predicted molar refractivity (Wildman–Crippen MR) is 112 cm³/mol. The molecule has 1 aromatic carbocycles. The highest BCUT2D eigenvalue weighted by molar-refractivity contribution is 5.89. The van der Waals surface area contributed by atoms with Crippen LogP contribution in [0.5, 0.6) is 11.5 Å². The van der Waals surface area contributed by atoms with Gasteiger partial charge in [0.2, 0.25) is 0 Å². The number of esters is 1. The van der Waals surface area contributed by atoms with Gasteiger partial charge in [0.05, 0.1) is 45.3 Å². The van der Waals surface area contributed by atoms with Crippen LogP contribution in [0.3, 0.4) is 0 Å². The predicted octanol–water partition coefficient (Wildman–Crippen LogP) is 3.20. The minimum Gasteiger partial charge on any atom is -0.497 e. The van der Waals surface area contributed by atoms with E-state index in [0.717, 1.165) is 42.9 Å². The molecular weight excluding hydrogens is 384 g/mol. The Kier molecular flexibility index (Phi) is 4.65. The molecule has 5 rings (SSSR count). The molecule has 0 radical (unpaired) electrons. The number of H-pyrrole nitrogens is 1. The fourth-order valence-electron chi connectivity index (χ4n) is 5.56. The minimum atomic E-state index is -0.285. The van der Waals surface area contributed by atoms with Gasteiger partial charge in [0.25, 0.3) is 0 Å². The number of piperidine rings is 1. The monoisotopic (exact) mass is 412 g/mol. The zero-order chi connectivity index (χ0) is 21.0. The van der Waals surface area contributed by atoms with E-state index in [4.69, 9.17) is 18.9 Å². The van der Waals surface area contributed by atoms with E-state index in [1.165, 1.54) is 23.8 Å². The van der Waals surface area contributed by atoms with Gasteiger partial charge in [-0.25, -0.2) is 4.79 Å². The molecule has 4 atom stereocenters. The van der Waals surface area contributed by atoms with Crippen LogP contribution in [0, 0.1) is 11.8 Å². The molecule has 1 saturated heterocycles. The molecule has 30 heavy (non-hydrogen) atoms. The van der Waals surface area contributed by atoms with Crippen molar-refractivity contribution >= 4 is 16.9 Å². The largest absolute Gasteiger partial charge is 0.497 e. The van der Waals surface area contributed by atoms with Crippen molar-refractivity contribution in [3.8, 4) is 11.5 Å². The molecule has 2 aromatic rings. The van der Waals surface area contributed by atoms with Gasteiger partial charge in [0.15, 0.2) is 11.5 Å². The number of methoxy groups -OCH3 is 3. The zero-order valence-corrected chi connectivity index (χ0v) is 17.9. The first-order valence-electron chi connectivity index (χ1n) is 10.5. The molecular formula is C23H28N2O5. The topological polar surface area (TPSA) is 73.0 Å². The lowest BCUT2D eigenvalue weighted by molar-refractivity contribution is -0.139. The molecule has 1 N–H and O–H groups in total. The van der Waals surface area contributed by atoms with Crippen molar-refractivity contribution in [1.82, 2.24) is 9.88 Å². The quantitative estimate of drug-likeness (QED) is 0.781. The Morgan fingerprint density at radius 3 is 2.70 bits per heavy atom. The summed E-state index contributed by atoms with van der Waals surface area (Å²) >= 11 is 0. The third-order valence-corrected chi connectivity index (χ3v) is 7.14. The lowest BCUT2D eigenvalue weighted by atomic mass is 9.72. The van der Waals surface area contributed by atoms with Gasteiger partial charge in [-0.05, 0) is 31.4 Å². The van der Waals surface area contributed by atoms with E-state index in [0.29, 0.717) is 5.57 Å². The highest BCUT2D eigenvalue weighted by Gasteiger charge is 2.47. The number of aromatic amines is 1. The van der Waals surface area contributed by atoms with Gasteiger partial charge in [0, 0.05) is 47.6 Å². The molecule has 0 spiro atoms. The summed E-state index contributed by atoms with van der Waals surface area (Å²) in [6.07, 6.45) is 3.56. The van der Waals surface area contributed by atoms with Crippen molar-refractivity contribution in [3.63, 3.8) is 0 Å². The van der Waals surface area contributed by atoms with Crippen LogP contribution in [0.25, 0.3) is 10.9 Å². The standard InChI is InChI=1S/C23H28N2O5/c1-12-16-10-25-6-5-13-15-8-20(27-2)21(28-3)9-18(15)24-22(13)19(25)7-14(16)17(11-30-12)23(26)29-4/h8-9,11-12,14,16,19,24H,5-7,10H2,1-4H3/t12-,14+,16-,19-/m0/s1. The van der Waals surface area contributed by atoms with Crippen LogP contribution in [0.15, 0.2) is 24.0 Å². The van der Waals surface area contributed by atoms with Gasteiger partial charge in [-0.2, -0.15) is 0 Å². The number of nitrogens with one attached hydrogen (secondary N) is 1. The summed E-state index contributed by atoms with van der Waals surface area (Å²) in [7, 11) is 4.75. The van der Waals surface area contributed by atoms with Gasteiger partial charge < -0.3 is 23.9 Å². The van der Waals surface area contributed by atoms with Crippen molar-refractivity contribution in [2.75, 3.05) is 34.4 Å². The molecule has 1 aromatic heterocycles. The molecule has 3 aliphatic rings. The van der Waals surface area contributed by atoms with E-state index in [1.807, 2.05) is 6.07 Å². The average molecular weight is 412 g/mol. The Bertz CT molecular complexity index is 1030. The first-order chi connectivity index (χ1) is 14.5.